The first kappa shape index (κ1) is 16.1. The molecule has 22 heavy (non-hydrogen) atoms. The van der Waals surface area contributed by atoms with E-state index in [2.05, 4.69) is 5.32 Å². The van der Waals surface area contributed by atoms with E-state index in [1.165, 1.54) is 11.0 Å². The molecule has 1 aromatic carbocycles. The molecule has 1 atom stereocenters. The van der Waals surface area contributed by atoms with Gasteiger partial charge in [0, 0.05) is 31.5 Å². The van der Waals surface area contributed by atoms with Crippen molar-refractivity contribution in [2.45, 2.75) is 38.3 Å². The molecule has 1 aromatic rings. The zero-order chi connectivity index (χ0) is 15.9. The van der Waals surface area contributed by atoms with Crippen LogP contribution in [0.25, 0.3) is 0 Å². The molecule has 0 unspecified atom stereocenters. The third-order valence-electron chi connectivity index (χ3n) is 3.78. The standard InChI is InChI=1S/C16H19FN2O3/c17-14-6-2-1-4-12(14)10-18-15(21)7-8-16(22)19-9-3-5-13(19)11-20/h1-2,4,6,11,13H,3,5,7-10H2,(H,18,21)/t13-/m0/s1. The lowest BCUT2D eigenvalue weighted by Crippen LogP contribution is -2.37. The average Bonchev–Trinajstić information content (AvgIpc) is 3.00. The normalized spacial score (nSPS) is 17.3. The molecule has 1 aliphatic heterocycles. The van der Waals surface area contributed by atoms with Gasteiger partial charge in [-0.05, 0) is 18.9 Å². The second-order valence-electron chi connectivity index (χ2n) is 5.30. The Balaban J connectivity index is 1.75. The van der Waals surface area contributed by atoms with Crippen molar-refractivity contribution in [2.75, 3.05) is 6.54 Å². The topological polar surface area (TPSA) is 66.5 Å². The molecule has 0 radical (unpaired) electrons. The largest absolute Gasteiger partial charge is 0.352 e. The molecule has 1 heterocycles. The fourth-order valence-electron chi connectivity index (χ4n) is 2.53. The van der Waals surface area contributed by atoms with Crippen LogP contribution in [-0.2, 0) is 20.9 Å². The van der Waals surface area contributed by atoms with Crippen molar-refractivity contribution in [3.8, 4) is 0 Å². The molecule has 5 nitrogen and oxygen atoms in total. The van der Waals surface area contributed by atoms with Crippen LogP contribution >= 0.6 is 0 Å². The van der Waals surface area contributed by atoms with Crippen LogP contribution in [-0.4, -0.2) is 35.6 Å². The van der Waals surface area contributed by atoms with E-state index in [-0.39, 0.29) is 43.1 Å². The molecular formula is C16H19FN2O3. The number of nitrogens with zero attached hydrogens (tertiary/aromatic N) is 1. The number of nitrogens with one attached hydrogen (secondary N) is 1. The van der Waals surface area contributed by atoms with Gasteiger partial charge in [0.1, 0.15) is 12.1 Å². The molecule has 1 saturated heterocycles. The first-order valence-electron chi connectivity index (χ1n) is 7.36. The maximum Gasteiger partial charge on any atom is 0.223 e. The molecule has 0 aromatic heterocycles. The summed E-state index contributed by atoms with van der Waals surface area (Å²) in [6.07, 6.45) is 2.38. The maximum atomic E-state index is 13.4. The summed E-state index contributed by atoms with van der Waals surface area (Å²) in [6, 6.07) is 5.85. The van der Waals surface area contributed by atoms with E-state index in [1.807, 2.05) is 0 Å². The highest BCUT2D eigenvalue weighted by Gasteiger charge is 2.28. The molecular weight excluding hydrogens is 287 g/mol. The number of hydrogen-bond donors (Lipinski definition) is 1. The minimum absolute atomic E-state index is 0.0371. The zero-order valence-electron chi connectivity index (χ0n) is 12.3. The smallest absolute Gasteiger partial charge is 0.223 e. The van der Waals surface area contributed by atoms with Crippen molar-refractivity contribution in [2.24, 2.45) is 0 Å². The Morgan fingerprint density at radius 2 is 2.09 bits per heavy atom. The highest BCUT2D eigenvalue weighted by Crippen LogP contribution is 2.16. The molecule has 2 amide bonds. The van der Waals surface area contributed by atoms with Crippen molar-refractivity contribution in [3.05, 3.63) is 35.6 Å². The van der Waals surface area contributed by atoms with Crippen LogP contribution in [0.15, 0.2) is 24.3 Å². The van der Waals surface area contributed by atoms with Gasteiger partial charge in [-0.3, -0.25) is 9.59 Å². The number of benzene rings is 1. The van der Waals surface area contributed by atoms with Crippen molar-refractivity contribution >= 4 is 18.1 Å². The van der Waals surface area contributed by atoms with Crippen LogP contribution in [0, 0.1) is 5.82 Å². The SMILES string of the molecule is O=C[C@@H]1CCCN1C(=O)CCC(=O)NCc1ccccc1F. The molecule has 2 rings (SSSR count). The lowest BCUT2D eigenvalue weighted by atomic mass is 10.2. The van der Waals surface area contributed by atoms with Gasteiger partial charge in [0.15, 0.2) is 0 Å². The number of carbonyl (C=O) groups is 3. The lowest BCUT2D eigenvalue weighted by molar-refractivity contribution is -0.136. The van der Waals surface area contributed by atoms with Crippen LogP contribution < -0.4 is 5.32 Å². The summed E-state index contributed by atoms with van der Waals surface area (Å²) < 4.78 is 13.4. The Labute approximate surface area is 128 Å². The molecule has 1 N–H and O–H groups in total. The van der Waals surface area contributed by atoms with Gasteiger partial charge in [-0.2, -0.15) is 0 Å². The summed E-state index contributed by atoms with van der Waals surface area (Å²) in [5, 5.41) is 2.59. The fraction of sp³-hybridized carbons (Fsp3) is 0.438. The summed E-state index contributed by atoms with van der Waals surface area (Å²) in [7, 11) is 0. The van der Waals surface area contributed by atoms with Gasteiger partial charge in [-0.15, -0.1) is 0 Å². The molecule has 0 saturated carbocycles. The quantitative estimate of drug-likeness (QED) is 0.808. The minimum atomic E-state index is -0.371. The molecule has 1 fully saturated rings. The third kappa shape index (κ3) is 4.13. The number of amides is 2. The fourth-order valence-corrected chi connectivity index (χ4v) is 2.53. The Morgan fingerprint density at radius 1 is 1.32 bits per heavy atom. The molecule has 1 aliphatic rings. The van der Waals surface area contributed by atoms with Crippen molar-refractivity contribution in [1.29, 1.82) is 0 Å². The van der Waals surface area contributed by atoms with Gasteiger partial charge in [0.25, 0.3) is 0 Å². The van der Waals surface area contributed by atoms with Crippen molar-refractivity contribution < 1.29 is 18.8 Å². The number of aldehydes is 1. The highest BCUT2D eigenvalue weighted by atomic mass is 19.1. The molecule has 0 bridgehead atoms. The van der Waals surface area contributed by atoms with E-state index < -0.39 is 0 Å². The monoisotopic (exact) mass is 306 g/mol. The lowest BCUT2D eigenvalue weighted by Gasteiger charge is -2.20. The van der Waals surface area contributed by atoms with Gasteiger partial charge in [0.2, 0.25) is 11.8 Å². The second-order valence-corrected chi connectivity index (χ2v) is 5.30. The Hall–Kier alpha value is -2.24. The number of rotatable bonds is 6. The summed E-state index contributed by atoms with van der Waals surface area (Å²) >= 11 is 0. The molecule has 0 spiro atoms. The zero-order valence-corrected chi connectivity index (χ0v) is 12.3. The third-order valence-corrected chi connectivity index (χ3v) is 3.78. The first-order valence-corrected chi connectivity index (χ1v) is 7.36. The number of hydrogen-bond acceptors (Lipinski definition) is 3. The van der Waals surface area contributed by atoms with Crippen LogP contribution in [0.1, 0.15) is 31.2 Å². The molecule has 118 valence electrons. The minimum Gasteiger partial charge on any atom is -0.352 e. The van der Waals surface area contributed by atoms with Crippen molar-refractivity contribution in [1.82, 2.24) is 10.2 Å². The van der Waals surface area contributed by atoms with Crippen LogP contribution in [0.5, 0.6) is 0 Å². The first-order chi connectivity index (χ1) is 10.6. The van der Waals surface area contributed by atoms with E-state index in [0.717, 1.165) is 12.7 Å². The van der Waals surface area contributed by atoms with Crippen LogP contribution in [0.3, 0.4) is 0 Å². The Morgan fingerprint density at radius 3 is 2.82 bits per heavy atom. The summed E-state index contributed by atoms with van der Waals surface area (Å²) in [5.74, 6) is -0.862. The van der Waals surface area contributed by atoms with E-state index in [4.69, 9.17) is 0 Å². The summed E-state index contributed by atoms with van der Waals surface area (Å²) in [5.41, 5.74) is 0.405. The van der Waals surface area contributed by atoms with Gasteiger partial charge < -0.3 is 15.0 Å². The van der Waals surface area contributed by atoms with Gasteiger partial charge >= 0.3 is 0 Å². The van der Waals surface area contributed by atoms with Crippen LogP contribution in [0.4, 0.5) is 4.39 Å². The Bertz CT molecular complexity index is 562. The second kappa shape index (κ2) is 7.68. The van der Waals surface area contributed by atoms with Gasteiger partial charge in [0.05, 0.1) is 6.04 Å². The summed E-state index contributed by atoms with van der Waals surface area (Å²) in [6.45, 7) is 0.666. The number of halogens is 1. The maximum absolute atomic E-state index is 13.4. The predicted octanol–water partition coefficient (Wildman–Crippen LogP) is 1.41. The van der Waals surface area contributed by atoms with E-state index in [9.17, 15) is 18.8 Å². The average molecular weight is 306 g/mol. The number of carbonyl (C=O) groups excluding carboxylic acids is 3. The van der Waals surface area contributed by atoms with E-state index in [1.54, 1.807) is 18.2 Å². The summed E-state index contributed by atoms with van der Waals surface area (Å²) in [4.78, 5) is 36.1. The van der Waals surface area contributed by atoms with Gasteiger partial charge in [-0.25, -0.2) is 4.39 Å². The van der Waals surface area contributed by atoms with E-state index in [0.29, 0.717) is 18.5 Å². The molecule has 0 aliphatic carbocycles. The Kier molecular flexibility index (Phi) is 5.63. The highest BCUT2D eigenvalue weighted by molar-refractivity contribution is 5.85. The van der Waals surface area contributed by atoms with Crippen molar-refractivity contribution in [3.63, 3.8) is 0 Å². The predicted molar refractivity (Wildman–Crippen MR) is 78.3 cm³/mol. The number of likely N-dealkylation sites (tertiary alicyclic amines) is 1. The molecule has 6 heteroatoms. The van der Waals surface area contributed by atoms with E-state index >= 15 is 0 Å². The van der Waals surface area contributed by atoms with Crippen LogP contribution in [0.2, 0.25) is 0 Å². The van der Waals surface area contributed by atoms with Gasteiger partial charge in [-0.1, -0.05) is 18.2 Å².